The molecular weight excluding hydrogens is 310 g/mol. The summed E-state index contributed by atoms with van der Waals surface area (Å²) in [4.78, 5) is 16.1. The summed E-state index contributed by atoms with van der Waals surface area (Å²) in [7, 11) is 1.50. The molecule has 0 bridgehead atoms. The molecule has 0 aromatic heterocycles. The molecule has 0 aromatic rings. The summed E-state index contributed by atoms with van der Waals surface area (Å²) in [5, 5.41) is 2.70. The van der Waals surface area contributed by atoms with Crippen LogP contribution in [0.2, 0.25) is 0 Å². The smallest absolute Gasteiger partial charge is 0.246 e. The summed E-state index contributed by atoms with van der Waals surface area (Å²) in [5.41, 5.74) is 0. The maximum absolute atomic E-state index is 11.1. The Balaban J connectivity index is 0.00000576. The van der Waals surface area contributed by atoms with E-state index < -0.39 is 0 Å². The minimum Gasteiger partial charge on any atom is -0.378 e. The van der Waals surface area contributed by atoms with Gasteiger partial charge in [-0.15, -0.1) is 0 Å². The van der Waals surface area contributed by atoms with Crippen molar-refractivity contribution in [1.82, 2.24) is 15.1 Å². The van der Waals surface area contributed by atoms with Crippen molar-refractivity contribution >= 4 is 5.91 Å². The Kier molecular flexibility index (Phi) is 12.0. The number of carbonyl (C=O) groups is 1. The van der Waals surface area contributed by atoms with Gasteiger partial charge in [-0.25, -0.2) is 0 Å². The van der Waals surface area contributed by atoms with Crippen molar-refractivity contribution in [2.75, 3.05) is 79.4 Å². The van der Waals surface area contributed by atoms with Gasteiger partial charge in [0.2, 0.25) is 5.91 Å². The van der Waals surface area contributed by atoms with Crippen LogP contribution >= 0.6 is 0 Å². The lowest BCUT2D eigenvalue weighted by Crippen LogP contribution is -2.50. The Morgan fingerprint density at radius 1 is 1.12 bits per heavy atom. The van der Waals surface area contributed by atoms with Crippen LogP contribution in [0.4, 0.5) is 0 Å². The van der Waals surface area contributed by atoms with Crippen LogP contribution in [0.1, 0.15) is 21.7 Å². The van der Waals surface area contributed by atoms with Crippen LogP contribution in [0.3, 0.4) is 0 Å². The van der Waals surface area contributed by atoms with E-state index in [1.807, 2.05) is 0 Å². The molecule has 1 fully saturated rings. The molecule has 1 unspecified atom stereocenters. The summed E-state index contributed by atoms with van der Waals surface area (Å²) in [6.45, 7) is 13.1. The van der Waals surface area contributed by atoms with Crippen molar-refractivity contribution in [2.24, 2.45) is 0 Å². The van der Waals surface area contributed by atoms with Gasteiger partial charge in [-0.1, -0.05) is 6.92 Å². The topological polar surface area (TPSA) is 63.3 Å². The van der Waals surface area contributed by atoms with Crippen LogP contribution in [0.15, 0.2) is 0 Å². The molecule has 1 rings (SSSR count). The summed E-state index contributed by atoms with van der Waals surface area (Å²) >= 11 is 0. The molecule has 0 saturated carbocycles. The van der Waals surface area contributed by atoms with E-state index in [-0.39, 0.29) is 13.9 Å². The zero-order valence-electron chi connectivity index (χ0n) is 15.6. The third-order valence-electron chi connectivity index (χ3n) is 4.39. The maximum Gasteiger partial charge on any atom is 0.246 e. The highest BCUT2D eigenvalue weighted by atomic mass is 16.5. The van der Waals surface area contributed by atoms with Gasteiger partial charge >= 0.3 is 0 Å². The highest BCUT2D eigenvalue weighted by Gasteiger charge is 2.19. The van der Waals surface area contributed by atoms with Gasteiger partial charge in [-0.2, -0.15) is 0 Å². The Labute approximate surface area is 148 Å². The number of rotatable bonds is 13. The summed E-state index contributed by atoms with van der Waals surface area (Å²) in [6.07, 6.45) is 1.22. The second kappa shape index (κ2) is 13.5. The van der Waals surface area contributed by atoms with E-state index in [0.717, 1.165) is 39.3 Å². The average Bonchev–Trinajstić information content (AvgIpc) is 2.60. The highest BCUT2D eigenvalue weighted by molar-refractivity contribution is 5.77. The molecule has 1 saturated heterocycles. The Bertz CT molecular complexity index is 329. The predicted octanol–water partition coefficient (Wildman–Crippen LogP) is 0.444. The van der Waals surface area contributed by atoms with Gasteiger partial charge in [0.25, 0.3) is 0 Å². The van der Waals surface area contributed by atoms with Gasteiger partial charge in [-0.3, -0.25) is 14.6 Å². The van der Waals surface area contributed by atoms with E-state index in [0.29, 0.717) is 32.4 Å². The molecule has 1 amide bonds. The first kappa shape index (κ1) is 21.3. The van der Waals surface area contributed by atoms with E-state index in [4.69, 9.17) is 14.2 Å². The second-order valence-corrected chi connectivity index (χ2v) is 6.14. The lowest BCUT2D eigenvalue weighted by atomic mass is 10.2. The minimum atomic E-state index is -0.120. The van der Waals surface area contributed by atoms with Crippen LogP contribution in [0, 0.1) is 0 Å². The molecule has 1 aliphatic heterocycles. The quantitative estimate of drug-likeness (QED) is 0.488. The van der Waals surface area contributed by atoms with Gasteiger partial charge in [-0.05, 0) is 13.3 Å². The first-order valence-electron chi connectivity index (χ1n) is 9.04. The molecular formula is C17H37N3O4. The fourth-order valence-electron chi connectivity index (χ4n) is 2.65. The number of methoxy groups -OCH3 is 1. The van der Waals surface area contributed by atoms with Crippen molar-refractivity contribution in [3.8, 4) is 0 Å². The van der Waals surface area contributed by atoms with Crippen LogP contribution in [0.5, 0.6) is 0 Å². The van der Waals surface area contributed by atoms with Crippen LogP contribution < -0.4 is 5.32 Å². The van der Waals surface area contributed by atoms with Gasteiger partial charge in [0.05, 0.1) is 26.4 Å². The molecule has 0 spiro atoms. The third kappa shape index (κ3) is 9.54. The van der Waals surface area contributed by atoms with E-state index in [2.05, 4.69) is 29.0 Å². The number of hydrogen-bond donors (Lipinski definition) is 1. The minimum absolute atomic E-state index is 0. The van der Waals surface area contributed by atoms with E-state index in [9.17, 15) is 4.79 Å². The summed E-state index contributed by atoms with van der Waals surface area (Å²) in [5.74, 6) is -0.120. The van der Waals surface area contributed by atoms with Gasteiger partial charge in [0.15, 0.2) is 0 Å². The van der Waals surface area contributed by atoms with E-state index >= 15 is 0 Å². The molecule has 0 radical (unpaired) electrons. The molecule has 0 aliphatic carbocycles. The van der Waals surface area contributed by atoms with Crippen molar-refractivity contribution in [3.05, 3.63) is 0 Å². The van der Waals surface area contributed by atoms with Crippen molar-refractivity contribution in [2.45, 2.75) is 26.3 Å². The average molecular weight is 348 g/mol. The number of ether oxygens (including phenoxy) is 3. The van der Waals surface area contributed by atoms with Gasteiger partial charge in [0, 0.05) is 53.8 Å². The van der Waals surface area contributed by atoms with Crippen molar-refractivity contribution in [3.63, 3.8) is 0 Å². The normalized spacial score (nSPS) is 17.8. The third-order valence-corrected chi connectivity index (χ3v) is 4.39. The zero-order valence-corrected chi connectivity index (χ0v) is 15.6. The van der Waals surface area contributed by atoms with Crippen LogP contribution in [0.25, 0.3) is 0 Å². The lowest BCUT2D eigenvalue weighted by Gasteiger charge is -2.37. The Hall–Kier alpha value is -0.730. The molecule has 7 heteroatoms. The number of piperazine rings is 1. The predicted molar refractivity (Wildman–Crippen MR) is 96.4 cm³/mol. The molecule has 1 atom stereocenters. The van der Waals surface area contributed by atoms with Crippen molar-refractivity contribution in [1.29, 1.82) is 0 Å². The van der Waals surface area contributed by atoms with E-state index in [1.165, 1.54) is 13.5 Å². The number of amides is 1. The van der Waals surface area contributed by atoms with Gasteiger partial charge < -0.3 is 19.5 Å². The number of carbonyl (C=O) groups excluding carboxylic acids is 1. The first-order chi connectivity index (χ1) is 11.7. The Morgan fingerprint density at radius 3 is 2.42 bits per heavy atom. The second-order valence-electron chi connectivity index (χ2n) is 6.14. The molecule has 1 aliphatic rings. The van der Waals surface area contributed by atoms with Gasteiger partial charge in [0.1, 0.15) is 6.61 Å². The Morgan fingerprint density at radius 2 is 1.79 bits per heavy atom. The summed E-state index contributed by atoms with van der Waals surface area (Å²) < 4.78 is 15.7. The van der Waals surface area contributed by atoms with Crippen LogP contribution in [-0.2, 0) is 19.0 Å². The number of nitrogens with one attached hydrogen (secondary N) is 1. The fraction of sp³-hybridized carbons (Fsp3) is 0.941. The van der Waals surface area contributed by atoms with E-state index in [1.54, 1.807) is 0 Å². The molecule has 24 heavy (non-hydrogen) atoms. The number of hydrogen-bond acceptors (Lipinski definition) is 6. The maximum atomic E-state index is 11.1. The molecule has 7 nitrogen and oxygen atoms in total. The monoisotopic (exact) mass is 347 g/mol. The standard InChI is InChI=1S/C17H35N3O4.H2/c1-4-16(2)20-8-6-19(7-9-20)10-12-24-14-13-23-11-5-18-17(21)15-22-3;/h16H,4-15H2,1-3H3,(H,18,21);1H. The number of nitrogens with zero attached hydrogens (tertiary/aromatic N) is 2. The zero-order chi connectivity index (χ0) is 17.6. The first-order valence-corrected chi connectivity index (χ1v) is 9.04. The molecule has 0 aromatic carbocycles. The van der Waals surface area contributed by atoms with Crippen molar-refractivity contribution < 1.29 is 20.4 Å². The fourth-order valence-corrected chi connectivity index (χ4v) is 2.65. The SMILES string of the molecule is CCC(C)N1CCN(CCOCCOCCNC(=O)COC)CC1.[HH]. The van der Waals surface area contributed by atoms with Crippen LogP contribution in [-0.4, -0.2) is 101 Å². The summed E-state index contributed by atoms with van der Waals surface area (Å²) in [6, 6.07) is 0.694. The highest BCUT2D eigenvalue weighted by Crippen LogP contribution is 2.08. The largest absolute Gasteiger partial charge is 0.378 e. The lowest BCUT2D eigenvalue weighted by molar-refractivity contribution is -0.124. The molecule has 1 heterocycles. The molecule has 1 N–H and O–H groups in total. The molecule has 144 valence electrons.